The van der Waals surface area contributed by atoms with Gasteiger partial charge in [-0.15, -0.1) is 0 Å². The summed E-state index contributed by atoms with van der Waals surface area (Å²) >= 11 is 0. The molecular weight excluding hydrogens is 394 g/mol. The first-order valence-corrected chi connectivity index (χ1v) is 9.61. The van der Waals surface area contributed by atoms with Crippen molar-refractivity contribution >= 4 is 23.0 Å². The minimum atomic E-state index is -0.355. The minimum absolute atomic E-state index is 0.355. The van der Waals surface area contributed by atoms with Crippen molar-refractivity contribution in [2.75, 3.05) is 14.2 Å². The number of para-hydroxylation sites is 1. The van der Waals surface area contributed by atoms with Crippen molar-refractivity contribution in [3.8, 4) is 22.8 Å². The first kappa shape index (κ1) is 20.2. The molecule has 2 aromatic carbocycles. The molecule has 0 unspecified atom stereocenters. The Morgan fingerprint density at radius 2 is 1.90 bits per heavy atom. The number of hydrogen-bond donors (Lipinski definition) is 1. The van der Waals surface area contributed by atoms with E-state index in [1.807, 2.05) is 49.4 Å². The molecule has 2 heterocycles. The van der Waals surface area contributed by atoms with Crippen molar-refractivity contribution in [1.29, 1.82) is 0 Å². The smallest absolute Gasteiger partial charge is 0.272 e. The van der Waals surface area contributed by atoms with Gasteiger partial charge in [-0.1, -0.05) is 18.2 Å². The molecule has 4 aromatic rings. The molecule has 156 valence electrons. The maximum Gasteiger partial charge on any atom is 0.272 e. The Morgan fingerprint density at radius 1 is 1.06 bits per heavy atom. The normalized spacial score (nSPS) is 11.1. The Kier molecular flexibility index (Phi) is 5.66. The summed E-state index contributed by atoms with van der Waals surface area (Å²) in [5.74, 6) is 2.24. The second kappa shape index (κ2) is 8.71. The van der Waals surface area contributed by atoms with Gasteiger partial charge in [0.2, 0.25) is 0 Å². The van der Waals surface area contributed by atoms with E-state index in [9.17, 15) is 4.79 Å². The van der Waals surface area contributed by atoms with Crippen LogP contribution in [0.1, 0.15) is 21.9 Å². The van der Waals surface area contributed by atoms with Crippen LogP contribution < -0.4 is 14.9 Å². The third-order valence-corrected chi connectivity index (χ3v) is 4.76. The Labute approximate surface area is 179 Å². The van der Waals surface area contributed by atoms with Gasteiger partial charge in [0.1, 0.15) is 23.0 Å². The number of hydrogen-bond acceptors (Lipinski definition) is 6. The van der Waals surface area contributed by atoms with Crippen LogP contribution in [0.5, 0.6) is 11.5 Å². The van der Waals surface area contributed by atoms with Crippen LogP contribution in [0.3, 0.4) is 0 Å². The molecule has 7 heteroatoms. The van der Waals surface area contributed by atoms with Crippen molar-refractivity contribution in [3.05, 3.63) is 77.7 Å². The van der Waals surface area contributed by atoms with Crippen molar-refractivity contribution in [3.63, 3.8) is 0 Å². The van der Waals surface area contributed by atoms with E-state index < -0.39 is 0 Å². The number of hydrazone groups is 1. The molecule has 0 atom stereocenters. The maximum absolute atomic E-state index is 13.0. The number of nitrogens with one attached hydrogen (secondary N) is 1. The SMILES string of the molecule is COc1ccc(-c2cc(C(=O)N/N=C\c3ccc(C)o3)c3ccccc3n2)c(OC)c1. The molecule has 0 saturated heterocycles. The van der Waals surface area contributed by atoms with Gasteiger partial charge in [-0.25, -0.2) is 10.4 Å². The Morgan fingerprint density at radius 3 is 2.65 bits per heavy atom. The number of carbonyl (C=O) groups is 1. The van der Waals surface area contributed by atoms with E-state index in [-0.39, 0.29) is 5.91 Å². The molecule has 0 spiro atoms. The van der Waals surface area contributed by atoms with Gasteiger partial charge in [0.05, 0.1) is 37.2 Å². The number of aromatic nitrogens is 1. The number of aryl methyl sites for hydroxylation is 1. The van der Waals surface area contributed by atoms with E-state index >= 15 is 0 Å². The van der Waals surface area contributed by atoms with E-state index in [4.69, 9.17) is 18.9 Å². The monoisotopic (exact) mass is 415 g/mol. The van der Waals surface area contributed by atoms with Crippen LogP contribution in [-0.2, 0) is 0 Å². The fourth-order valence-electron chi connectivity index (χ4n) is 3.25. The molecule has 0 saturated carbocycles. The number of amides is 1. The number of carbonyl (C=O) groups excluding carboxylic acids is 1. The molecule has 2 aromatic heterocycles. The molecule has 0 aliphatic heterocycles. The highest BCUT2D eigenvalue weighted by atomic mass is 16.5. The summed E-state index contributed by atoms with van der Waals surface area (Å²) in [6, 6.07) is 18.3. The summed E-state index contributed by atoms with van der Waals surface area (Å²) in [7, 11) is 3.17. The van der Waals surface area contributed by atoms with Crippen molar-refractivity contribution in [2.24, 2.45) is 5.10 Å². The zero-order chi connectivity index (χ0) is 21.8. The summed E-state index contributed by atoms with van der Waals surface area (Å²) in [6.45, 7) is 1.84. The average Bonchev–Trinajstić information content (AvgIpc) is 3.22. The van der Waals surface area contributed by atoms with Gasteiger partial charge in [0, 0.05) is 17.0 Å². The first-order chi connectivity index (χ1) is 15.1. The molecular formula is C24H21N3O4. The number of methoxy groups -OCH3 is 2. The van der Waals surface area contributed by atoms with Gasteiger partial charge >= 0.3 is 0 Å². The van der Waals surface area contributed by atoms with Gasteiger partial charge in [-0.05, 0) is 43.3 Å². The lowest BCUT2D eigenvalue weighted by molar-refractivity contribution is 0.0956. The Bertz CT molecular complexity index is 1280. The summed E-state index contributed by atoms with van der Waals surface area (Å²) in [5, 5.41) is 4.74. The predicted octanol–water partition coefficient (Wildman–Crippen LogP) is 4.58. The van der Waals surface area contributed by atoms with Gasteiger partial charge in [-0.3, -0.25) is 4.79 Å². The van der Waals surface area contributed by atoms with E-state index in [1.54, 1.807) is 32.4 Å². The lowest BCUT2D eigenvalue weighted by Gasteiger charge is -2.12. The maximum atomic E-state index is 13.0. The molecule has 1 amide bonds. The van der Waals surface area contributed by atoms with Crippen molar-refractivity contribution in [1.82, 2.24) is 10.4 Å². The molecule has 1 N–H and O–H groups in total. The van der Waals surface area contributed by atoms with Crippen molar-refractivity contribution < 1.29 is 18.7 Å². The fourth-order valence-corrected chi connectivity index (χ4v) is 3.25. The molecule has 7 nitrogen and oxygen atoms in total. The second-order valence-electron chi connectivity index (χ2n) is 6.79. The van der Waals surface area contributed by atoms with Crippen LogP contribution in [0.2, 0.25) is 0 Å². The van der Waals surface area contributed by atoms with Gasteiger partial charge in [0.25, 0.3) is 5.91 Å². The number of ether oxygens (including phenoxy) is 2. The van der Waals surface area contributed by atoms with Crippen LogP contribution in [-0.4, -0.2) is 31.3 Å². The van der Waals surface area contributed by atoms with Crippen LogP contribution in [0.15, 0.2) is 70.2 Å². The van der Waals surface area contributed by atoms with E-state index in [2.05, 4.69) is 10.5 Å². The highest BCUT2D eigenvalue weighted by Crippen LogP contribution is 2.34. The highest BCUT2D eigenvalue weighted by Gasteiger charge is 2.16. The molecule has 0 bridgehead atoms. The molecule has 0 aliphatic rings. The first-order valence-electron chi connectivity index (χ1n) is 9.61. The minimum Gasteiger partial charge on any atom is -0.497 e. The quantitative estimate of drug-likeness (QED) is 0.368. The number of nitrogens with zero attached hydrogens (tertiary/aromatic N) is 2. The largest absolute Gasteiger partial charge is 0.497 e. The molecule has 0 aliphatic carbocycles. The summed E-state index contributed by atoms with van der Waals surface area (Å²) in [5.41, 5.74) is 5.06. The topological polar surface area (TPSA) is 86.0 Å². The Hall–Kier alpha value is -4.13. The third-order valence-electron chi connectivity index (χ3n) is 4.76. The second-order valence-corrected chi connectivity index (χ2v) is 6.79. The van der Waals surface area contributed by atoms with Gasteiger partial charge < -0.3 is 13.9 Å². The predicted molar refractivity (Wildman–Crippen MR) is 119 cm³/mol. The summed E-state index contributed by atoms with van der Waals surface area (Å²) in [4.78, 5) is 17.7. The van der Waals surface area contributed by atoms with E-state index in [1.165, 1.54) is 6.21 Å². The molecule has 0 fully saturated rings. The van der Waals surface area contributed by atoms with Gasteiger partial charge in [0.15, 0.2) is 0 Å². The lowest BCUT2D eigenvalue weighted by Crippen LogP contribution is -2.18. The zero-order valence-electron chi connectivity index (χ0n) is 17.4. The standard InChI is InChI=1S/C24H21N3O4/c1-15-8-9-17(31-15)14-25-27-24(28)20-13-22(26-21-7-5-4-6-18(20)21)19-11-10-16(29-2)12-23(19)30-3/h4-14H,1-3H3,(H,27,28)/b25-14-. The van der Waals surface area contributed by atoms with E-state index in [0.29, 0.717) is 34.0 Å². The fraction of sp³-hybridized carbons (Fsp3) is 0.125. The van der Waals surface area contributed by atoms with Crippen LogP contribution >= 0.6 is 0 Å². The molecule has 0 radical (unpaired) electrons. The van der Waals surface area contributed by atoms with Crippen molar-refractivity contribution in [2.45, 2.75) is 6.92 Å². The number of pyridine rings is 1. The van der Waals surface area contributed by atoms with Crippen LogP contribution in [0.25, 0.3) is 22.2 Å². The number of fused-ring (bicyclic) bond motifs is 1. The molecule has 31 heavy (non-hydrogen) atoms. The third kappa shape index (κ3) is 4.25. The Balaban J connectivity index is 1.73. The van der Waals surface area contributed by atoms with Gasteiger partial charge in [-0.2, -0.15) is 5.10 Å². The highest BCUT2D eigenvalue weighted by molar-refractivity contribution is 6.07. The summed E-state index contributed by atoms with van der Waals surface area (Å²) in [6.07, 6.45) is 1.46. The lowest BCUT2D eigenvalue weighted by atomic mass is 10.0. The average molecular weight is 415 g/mol. The number of benzene rings is 2. The zero-order valence-corrected chi connectivity index (χ0v) is 17.4. The van der Waals surface area contributed by atoms with Crippen LogP contribution in [0.4, 0.5) is 0 Å². The number of rotatable bonds is 6. The summed E-state index contributed by atoms with van der Waals surface area (Å²) < 4.78 is 16.2. The molecule has 4 rings (SSSR count). The van der Waals surface area contributed by atoms with Crippen LogP contribution in [0, 0.1) is 6.92 Å². The number of furan rings is 1. The van der Waals surface area contributed by atoms with E-state index in [0.717, 1.165) is 16.7 Å².